The third kappa shape index (κ3) is 3.90. The number of nitrogens with zero attached hydrogens (tertiary/aromatic N) is 5. The van der Waals surface area contributed by atoms with Crippen LogP contribution in [0.15, 0.2) is 36.5 Å². The molecule has 0 bridgehead atoms. The SMILES string of the molecule is Cc1nn(C(C)C(=O)Nc2ccn(Cc3cccc(F)c3)n2)c(C)c1[N+](=O)[O-]. The fourth-order valence-corrected chi connectivity index (χ4v) is 2.98. The van der Waals surface area contributed by atoms with E-state index in [-0.39, 0.29) is 17.2 Å². The highest BCUT2D eigenvalue weighted by Gasteiger charge is 2.27. The summed E-state index contributed by atoms with van der Waals surface area (Å²) < 4.78 is 16.2. The smallest absolute Gasteiger partial charge is 0.307 e. The van der Waals surface area contributed by atoms with E-state index in [1.54, 1.807) is 42.9 Å². The first kappa shape index (κ1) is 19.2. The maximum Gasteiger partial charge on any atom is 0.312 e. The molecule has 0 aliphatic heterocycles. The number of anilines is 1. The number of benzene rings is 1. The summed E-state index contributed by atoms with van der Waals surface area (Å²) in [6, 6.07) is 7.03. The zero-order chi connectivity index (χ0) is 20.4. The van der Waals surface area contributed by atoms with E-state index in [1.807, 2.05) is 0 Å². The molecule has 146 valence electrons. The van der Waals surface area contributed by atoms with Gasteiger partial charge < -0.3 is 5.32 Å². The second-order valence-electron chi connectivity index (χ2n) is 6.41. The van der Waals surface area contributed by atoms with E-state index < -0.39 is 16.9 Å². The molecular weight excluding hydrogens is 367 g/mol. The molecule has 1 amide bonds. The Morgan fingerprint density at radius 3 is 2.71 bits per heavy atom. The van der Waals surface area contributed by atoms with Gasteiger partial charge in [0.25, 0.3) is 0 Å². The number of carbonyl (C=O) groups is 1. The number of halogens is 1. The number of nitrogens with one attached hydrogen (secondary N) is 1. The number of nitro groups is 1. The van der Waals surface area contributed by atoms with Crippen LogP contribution in [0.4, 0.5) is 15.9 Å². The molecule has 0 saturated heterocycles. The molecule has 3 rings (SSSR count). The van der Waals surface area contributed by atoms with Crippen LogP contribution in [0, 0.1) is 29.8 Å². The number of rotatable bonds is 6. The number of amides is 1. The van der Waals surface area contributed by atoms with Crippen molar-refractivity contribution in [3.8, 4) is 0 Å². The van der Waals surface area contributed by atoms with E-state index in [4.69, 9.17) is 0 Å². The van der Waals surface area contributed by atoms with E-state index in [2.05, 4.69) is 15.5 Å². The fourth-order valence-electron chi connectivity index (χ4n) is 2.98. The van der Waals surface area contributed by atoms with Crippen LogP contribution in [-0.4, -0.2) is 30.4 Å². The van der Waals surface area contributed by atoms with Crippen LogP contribution in [0.25, 0.3) is 0 Å². The van der Waals surface area contributed by atoms with Gasteiger partial charge in [0.2, 0.25) is 5.91 Å². The molecule has 2 aromatic heterocycles. The summed E-state index contributed by atoms with van der Waals surface area (Å²) in [4.78, 5) is 23.1. The van der Waals surface area contributed by atoms with Crippen molar-refractivity contribution in [2.24, 2.45) is 0 Å². The molecule has 28 heavy (non-hydrogen) atoms. The van der Waals surface area contributed by atoms with Gasteiger partial charge in [-0.2, -0.15) is 10.2 Å². The maximum absolute atomic E-state index is 13.3. The Morgan fingerprint density at radius 2 is 2.07 bits per heavy atom. The fraction of sp³-hybridized carbons (Fsp3) is 0.278. The molecule has 1 unspecified atom stereocenters. The second kappa shape index (κ2) is 7.59. The molecule has 10 heteroatoms. The first-order valence-electron chi connectivity index (χ1n) is 8.55. The van der Waals surface area contributed by atoms with Gasteiger partial charge in [0.1, 0.15) is 23.2 Å². The lowest BCUT2D eigenvalue weighted by molar-refractivity contribution is -0.386. The highest BCUT2D eigenvalue weighted by molar-refractivity contribution is 5.92. The summed E-state index contributed by atoms with van der Waals surface area (Å²) in [7, 11) is 0. The van der Waals surface area contributed by atoms with E-state index in [0.29, 0.717) is 18.1 Å². The minimum atomic E-state index is -0.763. The van der Waals surface area contributed by atoms with Gasteiger partial charge in [-0.05, 0) is 38.5 Å². The lowest BCUT2D eigenvalue weighted by atomic mass is 10.2. The predicted octanol–water partition coefficient (Wildman–Crippen LogP) is 2.99. The number of hydrogen-bond acceptors (Lipinski definition) is 5. The summed E-state index contributed by atoms with van der Waals surface area (Å²) in [6.07, 6.45) is 1.67. The molecule has 1 atom stereocenters. The van der Waals surface area contributed by atoms with Crippen molar-refractivity contribution < 1.29 is 14.1 Å². The van der Waals surface area contributed by atoms with Gasteiger partial charge in [0.05, 0.1) is 11.5 Å². The third-order valence-electron chi connectivity index (χ3n) is 4.34. The maximum atomic E-state index is 13.3. The molecule has 1 aromatic carbocycles. The van der Waals surface area contributed by atoms with E-state index in [0.717, 1.165) is 5.56 Å². The lowest BCUT2D eigenvalue weighted by Crippen LogP contribution is -2.25. The number of aryl methyl sites for hydroxylation is 1. The van der Waals surface area contributed by atoms with Gasteiger partial charge in [-0.3, -0.25) is 24.3 Å². The van der Waals surface area contributed by atoms with Crippen LogP contribution in [0.3, 0.4) is 0 Å². The molecule has 2 heterocycles. The standard InChI is InChI=1S/C18H19FN6O3/c1-11-17(25(27)28)12(2)24(21-11)13(3)18(26)20-16-7-8-23(22-16)10-14-5-4-6-15(19)9-14/h4-9,13H,10H2,1-3H3,(H,20,22,26). The van der Waals surface area contributed by atoms with E-state index in [1.165, 1.54) is 23.7 Å². The Kier molecular flexibility index (Phi) is 5.21. The van der Waals surface area contributed by atoms with Gasteiger partial charge in [-0.15, -0.1) is 0 Å². The molecule has 0 radical (unpaired) electrons. The third-order valence-corrected chi connectivity index (χ3v) is 4.34. The molecule has 3 aromatic rings. The highest BCUT2D eigenvalue weighted by Crippen LogP contribution is 2.25. The van der Waals surface area contributed by atoms with Crippen LogP contribution in [0.5, 0.6) is 0 Å². The topological polar surface area (TPSA) is 108 Å². The Balaban J connectivity index is 1.71. The van der Waals surface area contributed by atoms with Gasteiger partial charge >= 0.3 is 5.69 Å². The second-order valence-corrected chi connectivity index (χ2v) is 6.41. The molecular formula is C18H19FN6O3. The summed E-state index contributed by atoms with van der Waals surface area (Å²) in [5.74, 6) is -0.410. The molecule has 0 saturated carbocycles. The molecule has 0 spiro atoms. The van der Waals surface area contributed by atoms with Crippen LogP contribution >= 0.6 is 0 Å². The van der Waals surface area contributed by atoms with Crippen molar-refractivity contribution in [3.63, 3.8) is 0 Å². The Bertz CT molecular complexity index is 1040. The summed E-state index contributed by atoms with van der Waals surface area (Å²) in [5, 5.41) is 22.2. The average molecular weight is 386 g/mol. The van der Waals surface area contributed by atoms with Gasteiger partial charge in [-0.25, -0.2) is 4.39 Å². The number of aromatic nitrogens is 4. The van der Waals surface area contributed by atoms with Gasteiger partial charge in [-0.1, -0.05) is 12.1 Å². The van der Waals surface area contributed by atoms with Gasteiger partial charge in [0.15, 0.2) is 5.82 Å². The average Bonchev–Trinajstić information content (AvgIpc) is 3.17. The minimum absolute atomic E-state index is 0.0981. The van der Waals surface area contributed by atoms with Crippen molar-refractivity contribution in [2.75, 3.05) is 5.32 Å². The zero-order valence-corrected chi connectivity index (χ0v) is 15.6. The normalized spacial score (nSPS) is 12.0. The Hall–Kier alpha value is -3.56. The highest BCUT2D eigenvalue weighted by atomic mass is 19.1. The summed E-state index contributed by atoms with van der Waals surface area (Å²) >= 11 is 0. The first-order valence-corrected chi connectivity index (χ1v) is 8.55. The summed E-state index contributed by atoms with van der Waals surface area (Å²) in [6.45, 7) is 5.03. The molecule has 0 aliphatic rings. The van der Waals surface area contributed by atoms with Crippen LogP contribution in [-0.2, 0) is 11.3 Å². The minimum Gasteiger partial charge on any atom is -0.307 e. The van der Waals surface area contributed by atoms with Crippen molar-refractivity contribution in [1.29, 1.82) is 0 Å². The van der Waals surface area contributed by atoms with Crippen molar-refractivity contribution in [2.45, 2.75) is 33.4 Å². The number of hydrogen-bond donors (Lipinski definition) is 1. The quantitative estimate of drug-likeness (QED) is 0.517. The Morgan fingerprint density at radius 1 is 1.32 bits per heavy atom. The molecule has 9 nitrogen and oxygen atoms in total. The van der Waals surface area contributed by atoms with Crippen LogP contribution in [0.2, 0.25) is 0 Å². The van der Waals surface area contributed by atoms with Crippen LogP contribution < -0.4 is 5.32 Å². The van der Waals surface area contributed by atoms with Crippen molar-refractivity contribution in [3.05, 3.63) is 69.4 Å². The summed E-state index contributed by atoms with van der Waals surface area (Å²) in [5.41, 5.74) is 1.20. The Labute approximate surface area is 159 Å². The number of carbonyl (C=O) groups excluding carboxylic acids is 1. The van der Waals surface area contributed by atoms with Crippen LogP contribution in [0.1, 0.15) is 29.9 Å². The zero-order valence-electron chi connectivity index (χ0n) is 15.6. The molecule has 1 N–H and O–H groups in total. The molecule has 0 fully saturated rings. The monoisotopic (exact) mass is 386 g/mol. The van der Waals surface area contributed by atoms with Gasteiger partial charge in [0, 0.05) is 12.3 Å². The lowest BCUT2D eigenvalue weighted by Gasteiger charge is -2.12. The molecule has 0 aliphatic carbocycles. The van der Waals surface area contributed by atoms with Crippen molar-refractivity contribution >= 4 is 17.4 Å². The van der Waals surface area contributed by atoms with E-state index in [9.17, 15) is 19.3 Å². The largest absolute Gasteiger partial charge is 0.312 e. The first-order chi connectivity index (χ1) is 13.3. The predicted molar refractivity (Wildman–Crippen MR) is 99.4 cm³/mol. The van der Waals surface area contributed by atoms with Crippen molar-refractivity contribution in [1.82, 2.24) is 19.6 Å². The van der Waals surface area contributed by atoms with E-state index >= 15 is 0 Å².